The highest BCUT2D eigenvalue weighted by Crippen LogP contribution is 2.30. The van der Waals surface area contributed by atoms with Gasteiger partial charge in [0.1, 0.15) is 16.9 Å². The molecular formula is C27H30N6O4. The second-order valence-corrected chi connectivity index (χ2v) is 10.3. The van der Waals surface area contributed by atoms with Crippen LogP contribution in [0.5, 0.6) is 0 Å². The van der Waals surface area contributed by atoms with Crippen molar-refractivity contribution in [2.24, 2.45) is 0 Å². The highest BCUT2D eigenvalue weighted by atomic mass is 16.6. The number of rotatable bonds is 4. The molecule has 0 radical (unpaired) electrons. The average molecular weight is 503 g/mol. The number of anilines is 1. The molecule has 0 spiro atoms. The largest absolute Gasteiger partial charge is 0.444 e. The number of piperidine rings is 1. The van der Waals surface area contributed by atoms with E-state index in [4.69, 9.17) is 9.26 Å². The predicted octanol–water partition coefficient (Wildman–Crippen LogP) is 5.06. The molecule has 0 bridgehead atoms. The van der Waals surface area contributed by atoms with Crippen LogP contribution in [0.1, 0.15) is 61.5 Å². The van der Waals surface area contributed by atoms with E-state index in [9.17, 15) is 9.59 Å². The maximum Gasteiger partial charge on any atom is 0.410 e. The summed E-state index contributed by atoms with van der Waals surface area (Å²) < 4.78 is 12.9. The molecule has 1 saturated heterocycles. The number of fused-ring (bicyclic) bond motifs is 1. The summed E-state index contributed by atoms with van der Waals surface area (Å²) in [5.74, 6) is 0.578. The van der Waals surface area contributed by atoms with Crippen molar-refractivity contribution in [3.63, 3.8) is 0 Å². The van der Waals surface area contributed by atoms with Gasteiger partial charge in [-0.1, -0.05) is 23.4 Å². The molecule has 0 aliphatic carbocycles. The maximum absolute atomic E-state index is 13.0. The van der Waals surface area contributed by atoms with E-state index in [1.807, 2.05) is 64.1 Å². The molecule has 5 rings (SSSR count). The number of imidazole rings is 1. The molecule has 1 aliphatic heterocycles. The molecule has 1 aliphatic rings. The van der Waals surface area contributed by atoms with Gasteiger partial charge in [0, 0.05) is 30.5 Å². The van der Waals surface area contributed by atoms with Gasteiger partial charge in [-0.2, -0.15) is 4.98 Å². The van der Waals surface area contributed by atoms with Crippen molar-refractivity contribution < 1.29 is 18.8 Å². The molecule has 1 N–H and O–H groups in total. The molecule has 2 amide bonds. The molecule has 37 heavy (non-hydrogen) atoms. The summed E-state index contributed by atoms with van der Waals surface area (Å²) in [5.41, 5.74) is 2.85. The number of benzene rings is 1. The zero-order chi connectivity index (χ0) is 26.2. The van der Waals surface area contributed by atoms with Crippen LogP contribution < -0.4 is 5.32 Å². The number of nitrogens with zero attached hydrogens (tertiary/aromatic N) is 5. The fourth-order valence-corrected chi connectivity index (χ4v) is 4.37. The van der Waals surface area contributed by atoms with Crippen LogP contribution in [-0.4, -0.2) is 55.1 Å². The molecule has 0 saturated carbocycles. The van der Waals surface area contributed by atoms with Gasteiger partial charge in [0.2, 0.25) is 11.7 Å². The lowest BCUT2D eigenvalue weighted by Gasteiger charge is -2.32. The third-order valence-electron chi connectivity index (χ3n) is 6.26. The fraction of sp³-hybridized carbons (Fsp3) is 0.370. The predicted molar refractivity (Wildman–Crippen MR) is 137 cm³/mol. The van der Waals surface area contributed by atoms with Crippen LogP contribution in [-0.2, 0) is 4.74 Å². The summed E-state index contributed by atoms with van der Waals surface area (Å²) in [4.78, 5) is 36.2. The van der Waals surface area contributed by atoms with Crippen LogP contribution in [0.15, 0.2) is 53.3 Å². The van der Waals surface area contributed by atoms with Crippen LogP contribution in [0.2, 0.25) is 0 Å². The minimum Gasteiger partial charge on any atom is -0.444 e. The van der Waals surface area contributed by atoms with Crippen molar-refractivity contribution in [1.29, 1.82) is 0 Å². The van der Waals surface area contributed by atoms with Gasteiger partial charge in [-0.15, -0.1) is 0 Å². The smallest absolute Gasteiger partial charge is 0.410 e. The van der Waals surface area contributed by atoms with E-state index in [-0.39, 0.29) is 17.9 Å². The summed E-state index contributed by atoms with van der Waals surface area (Å²) >= 11 is 0. The molecular weight excluding hydrogens is 472 g/mol. The SMILES string of the molecule is Cc1ccc(-c2noc([C@@H]3CCCN(C(=O)OC(C)(C)C)C3)n2)cc1NC(=O)c1cnc2ccccn12. The monoisotopic (exact) mass is 502 g/mol. The molecule has 10 nitrogen and oxygen atoms in total. The van der Waals surface area contributed by atoms with Crippen molar-refractivity contribution in [3.05, 3.63) is 65.9 Å². The molecule has 4 heterocycles. The fourth-order valence-electron chi connectivity index (χ4n) is 4.37. The number of likely N-dealkylation sites (tertiary alicyclic amines) is 1. The average Bonchev–Trinajstić information content (AvgIpc) is 3.52. The normalized spacial score (nSPS) is 16.1. The van der Waals surface area contributed by atoms with Crippen LogP contribution in [0.4, 0.5) is 10.5 Å². The van der Waals surface area contributed by atoms with Crippen LogP contribution in [0, 0.1) is 6.92 Å². The second-order valence-electron chi connectivity index (χ2n) is 10.3. The summed E-state index contributed by atoms with van der Waals surface area (Å²) in [7, 11) is 0. The Labute approximate surface area is 214 Å². The molecule has 0 unspecified atom stereocenters. The Morgan fingerprint density at radius 1 is 1.19 bits per heavy atom. The van der Waals surface area contributed by atoms with E-state index in [2.05, 4.69) is 20.4 Å². The molecule has 1 fully saturated rings. The third-order valence-corrected chi connectivity index (χ3v) is 6.26. The first kappa shape index (κ1) is 24.5. The minimum atomic E-state index is -0.550. The lowest BCUT2D eigenvalue weighted by Crippen LogP contribution is -2.42. The van der Waals surface area contributed by atoms with Gasteiger partial charge in [-0.05, 0) is 64.3 Å². The van der Waals surface area contributed by atoms with Gasteiger partial charge in [0.05, 0.1) is 12.1 Å². The number of aryl methyl sites for hydroxylation is 1. The highest BCUT2D eigenvalue weighted by molar-refractivity contribution is 6.04. The van der Waals surface area contributed by atoms with Crippen LogP contribution in [0.25, 0.3) is 17.0 Å². The number of amides is 2. The molecule has 1 atom stereocenters. The standard InChI is InChI=1S/C27H30N6O4/c1-17-10-11-18(14-20(17)29-24(34)21-15-28-22-9-5-6-13-33(21)22)23-30-25(37-31-23)19-8-7-12-32(16-19)26(35)36-27(2,3)4/h5-6,9-11,13-15,19H,7-8,12,16H2,1-4H3,(H,29,34)/t19-/m1/s1. The van der Waals surface area contributed by atoms with E-state index < -0.39 is 5.60 Å². The van der Waals surface area contributed by atoms with Crippen molar-refractivity contribution >= 4 is 23.3 Å². The number of carbonyl (C=O) groups is 2. The Hall–Kier alpha value is -4.21. The van der Waals surface area contributed by atoms with E-state index in [0.29, 0.717) is 47.4 Å². The molecule has 192 valence electrons. The van der Waals surface area contributed by atoms with Gasteiger partial charge < -0.3 is 19.5 Å². The minimum absolute atomic E-state index is 0.0673. The first-order chi connectivity index (χ1) is 17.7. The first-order valence-electron chi connectivity index (χ1n) is 12.3. The Kier molecular flexibility index (Phi) is 6.41. The van der Waals surface area contributed by atoms with Gasteiger partial charge in [-0.25, -0.2) is 9.78 Å². The van der Waals surface area contributed by atoms with Crippen molar-refractivity contribution in [1.82, 2.24) is 24.4 Å². The number of nitrogens with one attached hydrogen (secondary N) is 1. The summed E-state index contributed by atoms with van der Waals surface area (Å²) in [6, 6.07) is 11.2. The van der Waals surface area contributed by atoms with Crippen LogP contribution in [0.3, 0.4) is 0 Å². The molecule has 1 aromatic carbocycles. The summed E-state index contributed by atoms with van der Waals surface area (Å²) in [5, 5.41) is 7.16. The van der Waals surface area contributed by atoms with Crippen molar-refractivity contribution in [2.75, 3.05) is 18.4 Å². The highest BCUT2D eigenvalue weighted by Gasteiger charge is 2.31. The lowest BCUT2D eigenvalue weighted by atomic mass is 9.98. The quantitative estimate of drug-likeness (QED) is 0.415. The zero-order valence-corrected chi connectivity index (χ0v) is 21.4. The zero-order valence-electron chi connectivity index (χ0n) is 21.4. The lowest BCUT2D eigenvalue weighted by molar-refractivity contribution is 0.0189. The van der Waals surface area contributed by atoms with Crippen LogP contribution >= 0.6 is 0 Å². The number of hydrogen-bond acceptors (Lipinski definition) is 7. The molecule has 4 aromatic rings. The number of pyridine rings is 1. The Bertz CT molecular complexity index is 1450. The molecule has 3 aromatic heterocycles. The maximum atomic E-state index is 13.0. The Morgan fingerprint density at radius 3 is 2.84 bits per heavy atom. The van der Waals surface area contributed by atoms with E-state index >= 15 is 0 Å². The number of carbonyl (C=O) groups excluding carboxylic acids is 2. The van der Waals surface area contributed by atoms with Crippen molar-refractivity contribution in [2.45, 2.75) is 52.1 Å². The number of ether oxygens (including phenoxy) is 1. The van der Waals surface area contributed by atoms with Gasteiger partial charge in [-0.3, -0.25) is 9.20 Å². The van der Waals surface area contributed by atoms with E-state index in [0.717, 1.165) is 18.4 Å². The van der Waals surface area contributed by atoms with Gasteiger partial charge in [0.25, 0.3) is 5.91 Å². The summed E-state index contributed by atoms with van der Waals surface area (Å²) in [6.45, 7) is 8.58. The summed E-state index contributed by atoms with van der Waals surface area (Å²) in [6.07, 6.45) is 4.69. The Morgan fingerprint density at radius 2 is 2.03 bits per heavy atom. The number of hydrogen-bond donors (Lipinski definition) is 1. The topological polar surface area (TPSA) is 115 Å². The number of aromatic nitrogens is 4. The third kappa shape index (κ3) is 5.32. The Balaban J connectivity index is 1.32. The van der Waals surface area contributed by atoms with Gasteiger partial charge >= 0.3 is 6.09 Å². The molecule has 10 heteroatoms. The first-order valence-corrected chi connectivity index (χ1v) is 12.3. The van der Waals surface area contributed by atoms with E-state index in [1.54, 1.807) is 21.7 Å². The van der Waals surface area contributed by atoms with E-state index in [1.165, 1.54) is 0 Å². The second kappa shape index (κ2) is 9.68. The van der Waals surface area contributed by atoms with Gasteiger partial charge in [0.15, 0.2) is 0 Å². The van der Waals surface area contributed by atoms with Crippen molar-refractivity contribution in [3.8, 4) is 11.4 Å².